The lowest BCUT2D eigenvalue weighted by Gasteiger charge is -2.26. The first-order valence-corrected chi connectivity index (χ1v) is 7.52. The van der Waals surface area contributed by atoms with Crippen LogP contribution in [-0.2, 0) is 9.59 Å². The van der Waals surface area contributed by atoms with E-state index < -0.39 is 17.8 Å². The molecule has 110 valence electrons. The minimum absolute atomic E-state index is 0.0861. The average molecular weight is 333 g/mol. The van der Waals surface area contributed by atoms with Crippen LogP contribution in [-0.4, -0.2) is 17.8 Å². The van der Waals surface area contributed by atoms with Gasteiger partial charge in [-0.3, -0.25) is 14.9 Å². The van der Waals surface area contributed by atoms with Gasteiger partial charge in [-0.2, -0.15) is 0 Å². The van der Waals surface area contributed by atoms with Gasteiger partial charge in [0.15, 0.2) is 0 Å². The molecule has 0 aliphatic carbocycles. The molecule has 1 fully saturated rings. The van der Waals surface area contributed by atoms with E-state index in [0.29, 0.717) is 10.7 Å². The van der Waals surface area contributed by atoms with Gasteiger partial charge in [-0.1, -0.05) is 17.7 Å². The summed E-state index contributed by atoms with van der Waals surface area (Å²) in [6, 6.07) is 9.02. The molecular weight excluding hydrogens is 324 g/mol. The number of nitrogens with zero attached hydrogens (tertiary/aromatic N) is 1. The molecule has 2 heterocycles. The van der Waals surface area contributed by atoms with E-state index in [9.17, 15) is 14.4 Å². The largest absolute Gasteiger partial charge is 0.335 e. The van der Waals surface area contributed by atoms with Crippen molar-refractivity contribution in [3.05, 3.63) is 57.3 Å². The van der Waals surface area contributed by atoms with E-state index in [4.69, 9.17) is 11.6 Å². The summed E-state index contributed by atoms with van der Waals surface area (Å²) in [5.74, 6) is -1.36. The lowest BCUT2D eigenvalue weighted by molar-refractivity contribution is -0.122. The van der Waals surface area contributed by atoms with Crippen LogP contribution in [0.1, 0.15) is 4.88 Å². The third kappa shape index (κ3) is 2.66. The van der Waals surface area contributed by atoms with E-state index in [1.807, 2.05) is 11.4 Å². The molecule has 4 amide bonds. The number of carbonyl (C=O) groups excluding carboxylic acids is 3. The summed E-state index contributed by atoms with van der Waals surface area (Å²) in [7, 11) is 0. The number of nitrogens with one attached hydrogen (secondary N) is 1. The second kappa shape index (κ2) is 5.75. The van der Waals surface area contributed by atoms with Crippen LogP contribution in [0, 0.1) is 0 Å². The van der Waals surface area contributed by atoms with Crippen molar-refractivity contribution in [1.82, 2.24) is 5.32 Å². The van der Waals surface area contributed by atoms with Crippen LogP contribution in [0.15, 0.2) is 47.4 Å². The normalized spacial score (nSPS) is 17.0. The van der Waals surface area contributed by atoms with Crippen molar-refractivity contribution < 1.29 is 14.4 Å². The highest BCUT2D eigenvalue weighted by molar-refractivity contribution is 7.10. The number of benzene rings is 1. The highest BCUT2D eigenvalue weighted by Gasteiger charge is 2.36. The maximum absolute atomic E-state index is 12.5. The van der Waals surface area contributed by atoms with Gasteiger partial charge in [0.25, 0.3) is 11.8 Å². The van der Waals surface area contributed by atoms with Crippen molar-refractivity contribution in [1.29, 1.82) is 0 Å². The molecule has 0 unspecified atom stereocenters. The Kier molecular flexibility index (Phi) is 3.79. The zero-order chi connectivity index (χ0) is 15.7. The maximum atomic E-state index is 12.5. The molecule has 1 aliphatic heterocycles. The molecule has 5 nitrogen and oxygen atoms in total. The molecule has 0 bridgehead atoms. The van der Waals surface area contributed by atoms with Crippen LogP contribution in [0.2, 0.25) is 5.02 Å². The van der Waals surface area contributed by atoms with Gasteiger partial charge in [0, 0.05) is 9.90 Å². The van der Waals surface area contributed by atoms with Crippen LogP contribution in [0.3, 0.4) is 0 Å². The lowest BCUT2D eigenvalue weighted by atomic mass is 10.1. The molecule has 1 N–H and O–H groups in total. The summed E-state index contributed by atoms with van der Waals surface area (Å²) < 4.78 is 0. The number of barbiturate groups is 1. The highest BCUT2D eigenvalue weighted by Crippen LogP contribution is 2.24. The Morgan fingerprint density at radius 1 is 1.09 bits per heavy atom. The Morgan fingerprint density at radius 2 is 1.82 bits per heavy atom. The molecular formula is C15H9ClN2O3S. The van der Waals surface area contributed by atoms with E-state index in [0.717, 1.165) is 9.78 Å². The van der Waals surface area contributed by atoms with E-state index in [1.165, 1.54) is 17.4 Å². The van der Waals surface area contributed by atoms with Crippen LogP contribution in [0.25, 0.3) is 6.08 Å². The molecule has 0 saturated carbocycles. The van der Waals surface area contributed by atoms with Gasteiger partial charge in [-0.25, -0.2) is 9.69 Å². The van der Waals surface area contributed by atoms with Crippen molar-refractivity contribution >= 4 is 52.5 Å². The number of imide groups is 2. The Labute approximate surface area is 134 Å². The SMILES string of the molecule is O=C1NC(=O)N(c2ccc(Cl)cc2)C(=O)/C1=C/c1cccs1. The molecule has 3 rings (SSSR count). The summed E-state index contributed by atoms with van der Waals surface area (Å²) in [6.45, 7) is 0. The van der Waals surface area contributed by atoms with Gasteiger partial charge >= 0.3 is 6.03 Å². The molecule has 1 saturated heterocycles. The number of hydrogen-bond donors (Lipinski definition) is 1. The summed E-state index contributed by atoms with van der Waals surface area (Å²) in [6.07, 6.45) is 1.47. The van der Waals surface area contributed by atoms with Crippen molar-refractivity contribution in [2.24, 2.45) is 0 Å². The molecule has 1 aromatic heterocycles. The molecule has 22 heavy (non-hydrogen) atoms. The van der Waals surface area contributed by atoms with Crippen molar-refractivity contribution in [3.63, 3.8) is 0 Å². The minimum Gasteiger partial charge on any atom is -0.273 e. The minimum atomic E-state index is -0.777. The Bertz CT molecular complexity index is 782. The van der Waals surface area contributed by atoms with Crippen LogP contribution in [0.5, 0.6) is 0 Å². The summed E-state index contributed by atoms with van der Waals surface area (Å²) in [5, 5.41) is 4.48. The summed E-state index contributed by atoms with van der Waals surface area (Å²) in [4.78, 5) is 38.0. The van der Waals surface area contributed by atoms with E-state index >= 15 is 0 Å². The third-order valence-corrected chi connectivity index (χ3v) is 4.09. The van der Waals surface area contributed by atoms with Crippen molar-refractivity contribution in [2.75, 3.05) is 4.90 Å². The molecule has 0 atom stereocenters. The summed E-state index contributed by atoms with van der Waals surface area (Å²) >= 11 is 7.19. The van der Waals surface area contributed by atoms with Gasteiger partial charge in [-0.15, -0.1) is 11.3 Å². The van der Waals surface area contributed by atoms with Crippen LogP contribution < -0.4 is 10.2 Å². The maximum Gasteiger partial charge on any atom is 0.335 e. The number of thiophene rings is 1. The van der Waals surface area contributed by atoms with E-state index in [1.54, 1.807) is 30.3 Å². The number of anilines is 1. The second-order valence-electron chi connectivity index (χ2n) is 4.45. The zero-order valence-electron chi connectivity index (χ0n) is 11.1. The number of hydrogen-bond acceptors (Lipinski definition) is 4. The first kappa shape index (κ1) is 14.5. The lowest BCUT2D eigenvalue weighted by Crippen LogP contribution is -2.54. The number of urea groups is 1. The molecule has 0 radical (unpaired) electrons. The highest BCUT2D eigenvalue weighted by atomic mass is 35.5. The monoisotopic (exact) mass is 332 g/mol. The Balaban J connectivity index is 2.01. The standard InChI is InChI=1S/C15H9ClN2O3S/c16-9-3-5-10(6-4-9)18-14(20)12(13(19)17-15(18)21)8-11-2-1-7-22-11/h1-8H,(H,17,19,21)/b12-8+. The average Bonchev–Trinajstić information content (AvgIpc) is 2.98. The fourth-order valence-electron chi connectivity index (χ4n) is 2.00. The molecule has 1 aliphatic rings. The van der Waals surface area contributed by atoms with Gasteiger partial charge in [-0.05, 0) is 41.8 Å². The first-order valence-electron chi connectivity index (χ1n) is 6.27. The molecule has 1 aromatic carbocycles. The number of halogens is 1. The fraction of sp³-hybridized carbons (Fsp3) is 0. The number of rotatable bonds is 2. The smallest absolute Gasteiger partial charge is 0.273 e. The number of amides is 4. The Morgan fingerprint density at radius 3 is 2.45 bits per heavy atom. The van der Waals surface area contributed by atoms with Gasteiger partial charge in [0.05, 0.1) is 5.69 Å². The van der Waals surface area contributed by atoms with Crippen molar-refractivity contribution in [2.45, 2.75) is 0 Å². The van der Waals surface area contributed by atoms with E-state index in [-0.39, 0.29) is 5.57 Å². The second-order valence-corrected chi connectivity index (χ2v) is 5.87. The van der Waals surface area contributed by atoms with Crippen molar-refractivity contribution in [3.8, 4) is 0 Å². The van der Waals surface area contributed by atoms with Gasteiger partial charge in [0.2, 0.25) is 0 Å². The molecule has 0 spiro atoms. The Hall–Kier alpha value is -2.44. The quantitative estimate of drug-likeness (QED) is 0.679. The predicted molar refractivity (Wildman–Crippen MR) is 84.8 cm³/mol. The molecule has 2 aromatic rings. The van der Waals surface area contributed by atoms with Gasteiger partial charge in [0.1, 0.15) is 5.57 Å². The number of carbonyl (C=O) groups is 3. The molecule has 7 heteroatoms. The zero-order valence-corrected chi connectivity index (χ0v) is 12.6. The van der Waals surface area contributed by atoms with Gasteiger partial charge < -0.3 is 0 Å². The predicted octanol–water partition coefficient (Wildman–Crippen LogP) is 3.07. The van der Waals surface area contributed by atoms with Crippen LogP contribution >= 0.6 is 22.9 Å². The summed E-state index contributed by atoms with van der Waals surface area (Å²) in [5.41, 5.74) is 0.258. The van der Waals surface area contributed by atoms with E-state index in [2.05, 4.69) is 5.32 Å². The fourth-order valence-corrected chi connectivity index (χ4v) is 2.78. The third-order valence-electron chi connectivity index (χ3n) is 3.02. The van der Waals surface area contributed by atoms with Crippen LogP contribution in [0.4, 0.5) is 10.5 Å². The first-order chi connectivity index (χ1) is 10.6. The topological polar surface area (TPSA) is 66.5 Å².